The van der Waals surface area contributed by atoms with Crippen molar-refractivity contribution in [2.45, 2.75) is 44.4 Å². The zero-order valence-electron chi connectivity index (χ0n) is 9.91. The number of pyridine rings is 1. The topological polar surface area (TPSA) is 36.2 Å². The van der Waals surface area contributed by atoms with Crippen LogP contribution in [0.15, 0.2) is 18.5 Å². The summed E-state index contributed by atoms with van der Waals surface area (Å²) >= 11 is 0. The summed E-state index contributed by atoms with van der Waals surface area (Å²) in [5.41, 5.74) is 0.579. The number of hydrogen-bond acceptors (Lipinski definition) is 2. The zero-order chi connectivity index (χ0) is 13.3. The van der Waals surface area contributed by atoms with Crippen molar-refractivity contribution in [3.05, 3.63) is 29.2 Å². The fourth-order valence-corrected chi connectivity index (χ4v) is 1.87. The van der Waals surface area contributed by atoms with E-state index < -0.39 is 12.3 Å². The summed E-state index contributed by atoms with van der Waals surface area (Å²) in [4.78, 5) is 0. The van der Waals surface area contributed by atoms with Gasteiger partial charge in [0.05, 0.1) is 5.56 Å². The molecule has 3 nitrogen and oxygen atoms in total. The molecule has 2 rings (SSSR count). The van der Waals surface area contributed by atoms with Gasteiger partial charge in [-0.25, -0.2) is 0 Å². The van der Waals surface area contributed by atoms with Crippen LogP contribution in [-0.2, 0) is 0 Å². The summed E-state index contributed by atoms with van der Waals surface area (Å²) in [5, 5.41) is 11.2. The molecule has 18 heavy (non-hydrogen) atoms. The Hall–Kier alpha value is -1.46. The van der Waals surface area contributed by atoms with Gasteiger partial charge < -0.3 is 9.94 Å². The van der Waals surface area contributed by atoms with E-state index in [0.29, 0.717) is 10.3 Å². The largest absolute Gasteiger partial charge is 0.619 e. The molecule has 1 aromatic rings. The quantitative estimate of drug-likeness (QED) is 0.619. The van der Waals surface area contributed by atoms with Gasteiger partial charge in [-0.3, -0.25) is 0 Å². The molecule has 0 N–H and O–H groups in total. The van der Waals surface area contributed by atoms with Crippen molar-refractivity contribution in [2.75, 3.05) is 0 Å². The molecular weight excluding hydrogens is 247 g/mol. The van der Waals surface area contributed by atoms with Crippen molar-refractivity contribution in [1.82, 2.24) is 0 Å². The third-order valence-corrected chi connectivity index (χ3v) is 3.23. The van der Waals surface area contributed by atoms with E-state index in [1.807, 2.05) is 0 Å². The first-order valence-corrected chi connectivity index (χ1v) is 5.84. The second-order valence-corrected chi connectivity index (χ2v) is 4.55. The molecule has 0 bridgehead atoms. The summed E-state index contributed by atoms with van der Waals surface area (Å²) < 4.78 is 42.9. The molecule has 6 heteroatoms. The Morgan fingerprint density at radius 2 is 2.11 bits per heavy atom. The minimum Gasteiger partial charge on any atom is -0.619 e. The highest BCUT2D eigenvalue weighted by Crippen LogP contribution is 2.40. The van der Waals surface area contributed by atoms with Gasteiger partial charge in [-0.05, 0) is 25.7 Å². The highest BCUT2D eigenvalue weighted by molar-refractivity contribution is 5.33. The third kappa shape index (κ3) is 2.68. The molecule has 100 valence electrons. The number of rotatable bonds is 3. The second-order valence-electron chi connectivity index (χ2n) is 4.55. The van der Waals surface area contributed by atoms with E-state index in [2.05, 4.69) is 0 Å². The van der Waals surface area contributed by atoms with Gasteiger partial charge in [0.15, 0.2) is 18.5 Å². The predicted molar refractivity (Wildman–Crippen MR) is 58.1 cm³/mol. The van der Waals surface area contributed by atoms with Gasteiger partial charge in [0.2, 0.25) is 0 Å². The average molecular weight is 261 g/mol. The van der Waals surface area contributed by atoms with Crippen LogP contribution < -0.4 is 9.47 Å². The van der Waals surface area contributed by atoms with Crippen LogP contribution >= 0.6 is 0 Å². The van der Waals surface area contributed by atoms with Crippen LogP contribution in [0.4, 0.5) is 13.2 Å². The van der Waals surface area contributed by atoms with Gasteiger partial charge in [-0.2, -0.15) is 17.9 Å². The maximum absolute atomic E-state index is 12.5. The van der Waals surface area contributed by atoms with E-state index in [4.69, 9.17) is 4.74 Å². The summed E-state index contributed by atoms with van der Waals surface area (Å²) in [5.74, 6) is 0.304. The lowest BCUT2D eigenvalue weighted by atomic mass is 9.80. The first-order chi connectivity index (χ1) is 8.38. The smallest absolute Gasteiger partial charge is 0.425 e. The lowest BCUT2D eigenvalue weighted by Crippen LogP contribution is -2.33. The summed E-state index contributed by atoms with van der Waals surface area (Å²) in [7, 11) is 0. The van der Waals surface area contributed by atoms with E-state index >= 15 is 0 Å². The molecule has 0 spiro atoms. The van der Waals surface area contributed by atoms with Crippen molar-refractivity contribution in [3.63, 3.8) is 0 Å². The minimum atomic E-state index is -4.40. The third-order valence-electron chi connectivity index (χ3n) is 3.23. The monoisotopic (exact) mass is 261 g/mol. The van der Waals surface area contributed by atoms with Crippen molar-refractivity contribution < 1.29 is 22.6 Å². The Labute approximate surface area is 103 Å². The van der Waals surface area contributed by atoms with Crippen LogP contribution in [0.1, 0.15) is 37.7 Å². The molecule has 1 unspecified atom stereocenters. The van der Waals surface area contributed by atoms with Gasteiger partial charge in [0.25, 0.3) is 0 Å². The summed E-state index contributed by atoms with van der Waals surface area (Å²) in [6.07, 6.45) is -1.00. The fraction of sp³-hybridized carbons (Fsp3) is 0.583. The molecule has 0 aliphatic heterocycles. The maximum Gasteiger partial charge on any atom is 0.425 e. The Balaban J connectivity index is 2.21. The molecule has 0 saturated heterocycles. The molecular formula is C12H14F3NO2. The van der Waals surface area contributed by atoms with E-state index in [0.717, 1.165) is 32.4 Å². The molecule has 0 aromatic carbocycles. The Bertz CT molecular complexity index is 430. The lowest BCUT2D eigenvalue weighted by molar-refractivity contribution is -0.606. The number of aromatic nitrogens is 1. The number of nitrogens with zero attached hydrogens (tertiary/aromatic N) is 1. The van der Waals surface area contributed by atoms with Gasteiger partial charge >= 0.3 is 6.18 Å². The van der Waals surface area contributed by atoms with Crippen LogP contribution in [0.25, 0.3) is 0 Å². The van der Waals surface area contributed by atoms with Crippen molar-refractivity contribution in [1.29, 1.82) is 0 Å². The molecule has 1 aliphatic carbocycles. The van der Waals surface area contributed by atoms with E-state index in [1.54, 1.807) is 0 Å². The molecule has 0 amide bonds. The van der Waals surface area contributed by atoms with Crippen LogP contribution in [0.3, 0.4) is 0 Å². The van der Waals surface area contributed by atoms with Gasteiger partial charge in [0.1, 0.15) is 5.75 Å². The molecule has 1 fully saturated rings. The lowest BCUT2D eigenvalue weighted by Gasteiger charge is -2.27. The molecule has 1 atom stereocenters. The average Bonchev–Trinajstić information content (AvgIpc) is 2.17. The van der Waals surface area contributed by atoms with E-state index in [9.17, 15) is 18.4 Å². The standard InChI is InChI=1S/C12H14F3NO2/c1-8(12(13,14)15)18-11-5-6-16(17)7-10(11)9-3-2-4-9/h5-9H,2-4H2,1H3. The van der Waals surface area contributed by atoms with Gasteiger partial charge in [0, 0.05) is 6.07 Å². The van der Waals surface area contributed by atoms with E-state index in [-0.39, 0.29) is 11.7 Å². The van der Waals surface area contributed by atoms with Crippen LogP contribution in [0.5, 0.6) is 5.75 Å². The fourth-order valence-electron chi connectivity index (χ4n) is 1.87. The van der Waals surface area contributed by atoms with Crippen molar-refractivity contribution in [2.24, 2.45) is 0 Å². The molecule has 1 saturated carbocycles. The Kier molecular flexibility index (Phi) is 3.36. The number of ether oxygens (including phenoxy) is 1. The summed E-state index contributed by atoms with van der Waals surface area (Å²) in [6, 6.07) is 1.31. The minimum absolute atomic E-state index is 0.141. The number of halogens is 3. The van der Waals surface area contributed by atoms with Crippen molar-refractivity contribution in [3.8, 4) is 5.75 Å². The van der Waals surface area contributed by atoms with Crippen molar-refractivity contribution >= 4 is 0 Å². The Morgan fingerprint density at radius 3 is 2.61 bits per heavy atom. The van der Waals surface area contributed by atoms with E-state index in [1.165, 1.54) is 12.3 Å². The van der Waals surface area contributed by atoms with Crippen LogP contribution in [0.2, 0.25) is 0 Å². The highest BCUT2D eigenvalue weighted by Gasteiger charge is 2.39. The molecule has 0 radical (unpaired) electrons. The Morgan fingerprint density at radius 1 is 1.44 bits per heavy atom. The molecule has 1 aliphatic rings. The highest BCUT2D eigenvalue weighted by atomic mass is 19.4. The van der Waals surface area contributed by atoms with Gasteiger partial charge in [-0.1, -0.05) is 6.42 Å². The normalized spacial score (nSPS) is 18.2. The maximum atomic E-state index is 12.5. The van der Waals surface area contributed by atoms with Gasteiger partial charge in [-0.15, -0.1) is 0 Å². The number of hydrogen-bond donors (Lipinski definition) is 0. The molecule has 1 aromatic heterocycles. The molecule has 1 heterocycles. The first kappa shape index (κ1) is 13.0. The summed E-state index contributed by atoms with van der Waals surface area (Å²) in [6.45, 7) is 0.961. The van der Waals surface area contributed by atoms with Crippen LogP contribution in [0, 0.1) is 5.21 Å². The first-order valence-electron chi connectivity index (χ1n) is 5.84. The second kappa shape index (κ2) is 4.66. The number of alkyl halides is 3. The van der Waals surface area contributed by atoms with Crippen LogP contribution in [-0.4, -0.2) is 12.3 Å². The SMILES string of the molecule is CC(Oc1cc[n+]([O-])cc1C1CCC1)C(F)(F)F. The zero-order valence-corrected chi connectivity index (χ0v) is 9.91. The predicted octanol–water partition coefficient (Wildman–Crippen LogP) is 2.92.